The third-order valence-electron chi connectivity index (χ3n) is 7.25. The number of nitrogens with zero attached hydrogens (tertiary/aromatic N) is 2. The molecule has 4 aromatic rings. The number of H-pyrrole nitrogens is 1. The van der Waals surface area contributed by atoms with Gasteiger partial charge in [0.1, 0.15) is 16.6 Å². The molecule has 0 spiro atoms. The van der Waals surface area contributed by atoms with Crippen molar-refractivity contribution < 1.29 is 32.0 Å². The number of hydrogen-bond donors (Lipinski definition) is 8. The van der Waals surface area contributed by atoms with Crippen molar-refractivity contribution in [2.45, 2.75) is 29.1 Å². The van der Waals surface area contributed by atoms with Crippen molar-refractivity contribution >= 4 is 42.8 Å². The van der Waals surface area contributed by atoms with Crippen LogP contribution in [0, 0.1) is 5.41 Å². The van der Waals surface area contributed by atoms with Gasteiger partial charge in [-0.2, -0.15) is 0 Å². The minimum atomic E-state index is -4.78. The number of amidine groups is 1. The van der Waals surface area contributed by atoms with Crippen molar-refractivity contribution in [2.75, 3.05) is 27.2 Å². The predicted octanol–water partition coefficient (Wildman–Crippen LogP) is 1.47. The molecule has 3 aromatic carbocycles. The van der Waals surface area contributed by atoms with Crippen LogP contribution in [0.1, 0.15) is 25.0 Å². The first-order valence-corrected chi connectivity index (χ1v) is 16.4. The second-order valence-electron chi connectivity index (χ2n) is 11.0. The van der Waals surface area contributed by atoms with Crippen LogP contribution < -0.4 is 20.8 Å². The maximum Gasteiger partial charge on any atom is 0.263 e. The highest BCUT2D eigenvalue weighted by molar-refractivity contribution is 7.90. The van der Waals surface area contributed by atoms with Crippen LogP contribution in [0.4, 0.5) is 0 Å². The van der Waals surface area contributed by atoms with E-state index >= 15 is 0 Å². The van der Waals surface area contributed by atoms with Crippen LogP contribution in [0.25, 0.3) is 33.5 Å². The molecular weight excluding hydrogens is 624 g/mol. The van der Waals surface area contributed by atoms with Crippen molar-refractivity contribution in [1.82, 2.24) is 30.0 Å². The van der Waals surface area contributed by atoms with Gasteiger partial charge in [-0.25, -0.2) is 21.8 Å². The minimum absolute atomic E-state index is 0.00735. The Morgan fingerprint density at radius 2 is 1.62 bits per heavy atom. The summed E-state index contributed by atoms with van der Waals surface area (Å²) in [5.74, 6) is -0.611. The van der Waals surface area contributed by atoms with Crippen molar-refractivity contribution in [3.8, 4) is 22.5 Å². The normalized spacial score (nSPS) is 12.5. The molecule has 45 heavy (non-hydrogen) atoms. The zero-order valence-corrected chi connectivity index (χ0v) is 26.5. The maximum atomic E-state index is 13.5. The average molecular weight is 659 g/mol. The van der Waals surface area contributed by atoms with E-state index in [-0.39, 0.29) is 33.9 Å². The number of sulfonamides is 2. The monoisotopic (exact) mass is 658 g/mol. The van der Waals surface area contributed by atoms with Crippen LogP contribution >= 0.6 is 0 Å². The van der Waals surface area contributed by atoms with Gasteiger partial charge in [-0.3, -0.25) is 10.2 Å². The number of aromatic nitrogens is 2. The quantitative estimate of drug-likeness (QED) is 0.0619. The van der Waals surface area contributed by atoms with Crippen molar-refractivity contribution in [2.24, 2.45) is 5.73 Å². The number of nitrogens with two attached hydrogens (primary N) is 1. The van der Waals surface area contributed by atoms with Gasteiger partial charge in [-0.15, -0.1) is 0 Å². The van der Waals surface area contributed by atoms with Gasteiger partial charge in [-0.05, 0) is 69.9 Å². The highest BCUT2D eigenvalue weighted by Crippen LogP contribution is 2.42. The number of rotatable bonds is 12. The van der Waals surface area contributed by atoms with E-state index in [9.17, 15) is 32.0 Å². The molecule has 240 valence electrons. The molecule has 17 heteroatoms. The molecule has 9 N–H and O–H groups in total. The van der Waals surface area contributed by atoms with E-state index in [1.54, 1.807) is 32.0 Å². The lowest BCUT2D eigenvalue weighted by molar-refractivity contribution is -0.125. The lowest BCUT2D eigenvalue weighted by atomic mass is 9.81. The Balaban J connectivity index is 2.12. The number of nitrogens with one attached hydrogen (secondary N) is 5. The largest absolute Gasteiger partial charge is 0.384 e. The summed E-state index contributed by atoms with van der Waals surface area (Å²) in [6.07, 6.45) is 0. The molecule has 1 amide bonds. The molecule has 0 saturated heterocycles. The van der Waals surface area contributed by atoms with E-state index in [2.05, 4.69) is 15.3 Å². The molecule has 0 radical (unpaired) electrons. The van der Waals surface area contributed by atoms with Crippen LogP contribution in [0.3, 0.4) is 0 Å². The van der Waals surface area contributed by atoms with Gasteiger partial charge in [0, 0.05) is 35.3 Å². The third-order valence-corrected chi connectivity index (χ3v) is 9.64. The Hall–Kier alpha value is -4.23. The van der Waals surface area contributed by atoms with E-state index in [0.717, 1.165) is 6.07 Å². The molecule has 0 unspecified atom stereocenters. The highest BCUT2D eigenvalue weighted by atomic mass is 32.2. The molecule has 0 fully saturated rings. The molecule has 0 saturated carbocycles. The smallest absolute Gasteiger partial charge is 0.263 e. The van der Waals surface area contributed by atoms with Crippen molar-refractivity contribution in [3.05, 3.63) is 65.7 Å². The molecule has 0 atom stereocenters. The molecular formula is C28H34N8O7S2. The van der Waals surface area contributed by atoms with Crippen LogP contribution in [-0.4, -0.2) is 81.0 Å². The molecule has 1 heterocycles. The Morgan fingerprint density at radius 1 is 0.978 bits per heavy atom. The molecule has 0 aliphatic carbocycles. The SMILES string of the molecule is CN(C)CCNC(=O)C(C)(C)c1cc(-c2nc3ccc(C(=N)N)cc3[nH]2)c(S(=O)(=O)NO)c(-c2ccccc2S(=O)(=O)NO)c1. The zero-order valence-electron chi connectivity index (χ0n) is 24.8. The predicted molar refractivity (Wildman–Crippen MR) is 167 cm³/mol. The van der Waals surface area contributed by atoms with Crippen molar-refractivity contribution in [1.29, 1.82) is 5.41 Å². The fraction of sp³-hybridized carbons (Fsp3) is 0.250. The number of aromatic amines is 1. The first-order chi connectivity index (χ1) is 21.0. The van der Waals surface area contributed by atoms with Gasteiger partial charge in [0.15, 0.2) is 0 Å². The lowest BCUT2D eigenvalue weighted by Gasteiger charge is -2.27. The van der Waals surface area contributed by atoms with Gasteiger partial charge in [-0.1, -0.05) is 28.0 Å². The topological polar surface area (TPSA) is 244 Å². The summed E-state index contributed by atoms with van der Waals surface area (Å²) < 4.78 is 52.8. The first kappa shape index (κ1) is 33.7. The molecule has 1 aromatic heterocycles. The summed E-state index contributed by atoms with van der Waals surface area (Å²) in [5, 5.41) is 29.9. The van der Waals surface area contributed by atoms with Gasteiger partial charge >= 0.3 is 0 Å². The van der Waals surface area contributed by atoms with E-state index in [4.69, 9.17) is 11.1 Å². The number of fused-ring (bicyclic) bond motifs is 1. The van der Waals surface area contributed by atoms with Crippen LogP contribution in [-0.2, 0) is 30.3 Å². The Morgan fingerprint density at radius 3 is 2.24 bits per heavy atom. The second kappa shape index (κ2) is 12.6. The lowest BCUT2D eigenvalue weighted by Crippen LogP contribution is -2.42. The summed E-state index contributed by atoms with van der Waals surface area (Å²) in [5.41, 5.74) is 5.30. The van der Waals surface area contributed by atoms with Gasteiger partial charge < -0.3 is 31.3 Å². The molecule has 0 aliphatic heterocycles. The number of likely N-dealkylation sites (N-methyl/N-ethyl adjacent to an activating group) is 1. The van der Waals surface area contributed by atoms with E-state index in [0.29, 0.717) is 29.7 Å². The molecule has 15 nitrogen and oxygen atoms in total. The van der Waals surface area contributed by atoms with Crippen LogP contribution in [0.5, 0.6) is 0 Å². The summed E-state index contributed by atoms with van der Waals surface area (Å²) >= 11 is 0. The highest BCUT2D eigenvalue weighted by Gasteiger charge is 2.35. The van der Waals surface area contributed by atoms with Gasteiger partial charge in [0.2, 0.25) is 5.91 Å². The Bertz CT molecular complexity index is 2010. The third kappa shape index (κ3) is 6.74. The number of imidazole rings is 1. The van der Waals surface area contributed by atoms with E-state index in [1.165, 1.54) is 40.1 Å². The van der Waals surface area contributed by atoms with Crippen LogP contribution in [0.2, 0.25) is 0 Å². The number of amides is 1. The van der Waals surface area contributed by atoms with Gasteiger partial charge in [0.05, 0.1) is 21.3 Å². The Kier molecular flexibility index (Phi) is 9.45. The number of carbonyl (C=O) groups excluding carboxylic acids is 1. The molecule has 0 aliphatic rings. The number of carbonyl (C=O) groups is 1. The minimum Gasteiger partial charge on any atom is -0.384 e. The van der Waals surface area contributed by atoms with E-state index < -0.39 is 41.2 Å². The molecule has 0 bridgehead atoms. The van der Waals surface area contributed by atoms with Crippen LogP contribution in [0.15, 0.2) is 64.4 Å². The fourth-order valence-electron chi connectivity index (χ4n) is 4.72. The van der Waals surface area contributed by atoms with Gasteiger partial charge in [0.25, 0.3) is 20.0 Å². The number of nitrogen functional groups attached to an aromatic ring is 1. The summed E-state index contributed by atoms with van der Waals surface area (Å²) in [6, 6.07) is 12.8. The first-order valence-electron chi connectivity index (χ1n) is 13.4. The second-order valence-corrected chi connectivity index (χ2v) is 14.2. The fourth-order valence-corrected chi connectivity index (χ4v) is 6.54. The van der Waals surface area contributed by atoms with E-state index in [1.807, 2.05) is 19.0 Å². The standard InChI is InChI=1S/C28H34N8O7S2/c1-28(2,27(37)31-11-12-36(3)4)17-14-19(18-7-5-6-8-23(18)44(40,41)34-38)24(45(42,43)35-39)20(15-17)26-32-21-10-9-16(25(29)30)13-22(21)33-26/h5-10,13-15,34-35,38-39H,11-12H2,1-4H3,(H3,29,30)(H,31,37)(H,32,33). The average Bonchev–Trinajstić information content (AvgIpc) is 3.43. The summed E-state index contributed by atoms with van der Waals surface area (Å²) in [7, 11) is -5.63. The Labute approximate surface area is 260 Å². The zero-order chi connectivity index (χ0) is 33.3. The number of benzene rings is 3. The summed E-state index contributed by atoms with van der Waals surface area (Å²) in [6.45, 7) is 4.11. The number of hydrogen-bond acceptors (Lipinski definition) is 10. The maximum absolute atomic E-state index is 13.5. The van der Waals surface area contributed by atoms with Crippen molar-refractivity contribution in [3.63, 3.8) is 0 Å². The summed E-state index contributed by atoms with van der Waals surface area (Å²) in [4.78, 5) is 24.5. The molecule has 4 rings (SSSR count).